The highest BCUT2D eigenvalue weighted by Crippen LogP contribution is 2.42. The van der Waals surface area contributed by atoms with Crippen molar-refractivity contribution in [3.63, 3.8) is 0 Å². The van der Waals surface area contributed by atoms with Gasteiger partial charge in [-0.1, -0.05) is 53.7 Å². The van der Waals surface area contributed by atoms with Crippen LogP contribution in [0.3, 0.4) is 0 Å². The van der Waals surface area contributed by atoms with Gasteiger partial charge in [-0.3, -0.25) is 0 Å². The minimum atomic E-state index is -0.102. The van der Waals surface area contributed by atoms with E-state index in [4.69, 9.17) is 0 Å². The summed E-state index contributed by atoms with van der Waals surface area (Å²) in [7, 11) is 0. The Balaban J connectivity index is 2.18. The van der Waals surface area contributed by atoms with E-state index < -0.39 is 0 Å². The monoisotopic (exact) mass is 396 g/mol. The molecule has 0 aliphatic heterocycles. The lowest BCUT2D eigenvalue weighted by Crippen LogP contribution is -2.15. The number of rotatable bonds is 2. The molecule has 4 nitrogen and oxygen atoms in total. The van der Waals surface area contributed by atoms with E-state index in [9.17, 15) is 0 Å². The lowest BCUT2D eigenvalue weighted by molar-refractivity contribution is 0.590. The average molecular weight is 397 g/mol. The summed E-state index contributed by atoms with van der Waals surface area (Å²) in [5.74, 6) is 1.48. The highest BCUT2D eigenvalue weighted by molar-refractivity contribution is 6.05. The molecule has 0 aliphatic carbocycles. The van der Waals surface area contributed by atoms with Crippen LogP contribution in [0.2, 0.25) is 0 Å². The topological polar surface area (TPSA) is 51.6 Å². The molecule has 0 saturated carbocycles. The number of benzene rings is 2. The number of hydrogen-bond acceptors (Lipinski definition) is 4. The number of hydrogen-bond donors (Lipinski definition) is 0. The van der Waals surface area contributed by atoms with Crippen LogP contribution in [0.5, 0.6) is 0 Å². The second-order valence-electron chi connectivity index (χ2n) is 9.75. The van der Waals surface area contributed by atoms with Crippen molar-refractivity contribution in [2.45, 2.75) is 52.4 Å². The van der Waals surface area contributed by atoms with Crippen molar-refractivity contribution in [3.8, 4) is 22.8 Å². The van der Waals surface area contributed by atoms with E-state index in [0.717, 1.165) is 33.5 Å². The molecule has 0 amide bonds. The second-order valence-corrected chi connectivity index (χ2v) is 9.75. The standard InChI is InChI=1S/C26H28N4/c1-25(2,3)17-9-10-18-19(15-17)20(23-27-11-7-12-28-23)16-21(26(4,5)6)22(18)24-29-13-8-14-30-24/h7-16H,1-6H3. The van der Waals surface area contributed by atoms with Gasteiger partial charge < -0.3 is 0 Å². The smallest absolute Gasteiger partial charge is 0.160 e. The van der Waals surface area contributed by atoms with Gasteiger partial charge in [-0.15, -0.1) is 0 Å². The van der Waals surface area contributed by atoms with Gasteiger partial charge in [0, 0.05) is 35.9 Å². The maximum Gasteiger partial charge on any atom is 0.160 e. The van der Waals surface area contributed by atoms with Gasteiger partial charge in [0.15, 0.2) is 11.6 Å². The largest absolute Gasteiger partial charge is 0.237 e. The molecule has 0 radical (unpaired) electrons. The minimum absolute atomic E-state index is 0.0368. The quantitative estimate of drug-likeness (QED) is 0.396. The Labute approximate surface area is 178 Å². The van der Waals surface area contributed by atoms with Crippen molar-refractivity contribution in [3.05, 3.63) is 72.3 Å². The summed E-state index contributed by atoms with van der Waals surface area (Å²) in [4.78, 5) is 18.4. The van der Waals surface area contributed by atoms with E-state index in [0.29, 0.717) is 0 Å². The molecule has 0 spiro atoms. The molecule has 2 heterocycles. The third kappa shape index (κ3) is 3.70. The zero-order chi connectivity index (χ0) is 21.5. The fourth-order valence-electron chi connectivity index (χ4n) is 3.77. The third-order valence-electron chi connectivity index (χ3n) is 5.41. The Bertz CT molecular complexity index is 1190. The number of fused-ring (bicyclic) bond motifs is 1. The molecule has 0 saturated heterocycles. The summed E-state index contributed by atoms with van der Waals surface area (Å²) in [6.45, 7) is 13.4. The number of aromatic nitrogens is 4. The predicted octanol–water partition coefficient (Wildman–Crippen LogP) is 6.35. The summed E-state index contributed by atoms with van der Waals surface area (Å²) in [6.07, 6.45) is 7.20. The van der Waals surface area contributed by atoms with Gasteiger partial charge in [-0.05, 0) is 57.0 Å². The summed E-state index contributed by atoms with van der Waals surface area (Å²) < 4.78 is 0. The fraction of sp³-hybridized carbons (Fsp3) is 0.308. The first-order chi connectivity index (χ1) is 14.2. The molecule has 4 heteroatoms. The Morgan fingerprint density at radius 1 is 0.600 bits per heavy atom. The highest BCUT2D eigenvalue weighted by atomic mass is 14.9. The van der Waals surface area contributed by atoms with Crippen LogP contribution in [0.4, 0.5) is 0 Å². The molecule has 2 aromatic heterocycles. The lowest BCUT2D eigenvalue weighted by atomic mass is 9.78. The van der Waals surface area contributed by atoms with Crippen LogP contribution in [-0.2, 0) is 10.8 Å². The van der Waals surface area contributed by atoms with Crippen molar-refractivity contribution >= 4 is 10.8 Å². The number of nitrogens with zero attached hydrogens (tertiary/aromatic N) is 4. The van der Waals surface area contributed by atoms with Gasteiger partial charge in [0.2, 0.25) is 0 Å². The first kappa shape index (κ1) is 20.1. The van der Waals surface area contributed by atoms with Crippen LogP contribution < -0.4 is 0 Å². The molecule has 0 fully saturated rings. The van der Waals surface area contributed by atoms with Gasteiger partial charge in [0.25, 0.3) is 0 Å². The second kappa shape index (κ2) is 7.28. The van der Waals surface area contributed by atoms with Gasteiger partial charge in [-0.2, -0.15) is 0 Å². The molecule has 30 heavy (non-hydrogen) atoms. The SMILES string of the molecule is CC(C)(C)c1ccc2c(-c3ncccn3)c(C(C)(C)C)cc(-c3ncccn3)c2c1. The molecule has 0 bridgehead atoms. The Morgan fingerprint density at radius 2 is 1.17 bits per heavy atom. The zero-order valence-electron chi connectivity index (χ0n) is 18.6. The Kier molecular flexibility index (Phi) is 4.89. The van der Waals surface area contributed by atoms with E-state index in [1.807, 2.05) is 12.1 Å². The molecule has 2 aromatic carbocycles. The molecule has 0 atom stereocenters. The van der Waals surface area contributed by atoms with Gasteiger partial charge in [-0.25, -0.2) is 19.9 Å². The molecule has 0 aliphatic rings. The van der Waals surface area contributed by atoms with Crippen LogP contribution in [0.25, 0.3) is 33.5 Å². The van der Waals surface area contributed by atoms with Gasteiger partial charge >= 0.3 is 0 Å². The van der Waals surface area contributed by atoms with Crippen molar-refractivity contribution < 1.29 is 0 Å². The van der Waals surface area contributed by atoms with Gasteiger partial charge in [0.05, 0.1) is 0 Å². The minimum Gasteiger partial charge on any atom is -0.237 e. The van der Waals surface area contributed by atoms with E-state index >= 15 is 0 Å². The highest BCUT2D eigenvalue weighted by Gasteiger charge is 2.26. The van der Waals surface area contributed by atoms with Crippen LogP contribution in [-0.4, -0.2) is 19.9 Å². The average Bonchev–Trinajstić information content (AvgIpc) is 2.72. The predicted molar refractivity (Wildman–Crippen MR) is 123 cm³/mol. The Morgan fingerprint density at radius 3 is 1.70 bits per heavy atom. The van der Waals surface area contributed by atoms with Crippen LogP contribution >= 0.6 is 0 Å². The third-order valence-corrected chi connectivity index (χ3v) is 5.41. The van der Waals surface area contributed by atoms with E-state index in [1.165, 1.54) is 11.1 Å². The van der Waals surface area contributed by atoms with Crippen molar-refractivity contribution in [1.29, 1.82) is 0 Å². The summed E-state index contributed by atoms with van der Waals surface area (Å²) in [5.41, 5.74) is 4.52. The normalized spacial score (nSPS) is 12.3. The molecular formula is C26H28N4. The van der Waals surface area contributed by atoms with Crippen LogP contribution in [0.1, 0.15) is 52.7 Å². The van der Waals surface area contributed by atoms with E-state index in [2.05, 4.69) is 85.7 Å². The molecule has 4 rings (SSSR count). The maximum absolute atomic E-state index is 4.60. The summed E-state index contributed by atoms with van der Waals surface area (Å²) in [5, 5.41) is 2.26. The lowest BCUT2D eigenvalue weighted by Gasteiger charge is -2.26. The molecule has 0 N–H and O–H groups in total. The summed E-state index contributed by atoms with van der Waals surface area (Å²) >= 11 is 0. The molecular weight excluding hydrogens is 368 g/mol. The van der Waals surface area contributed by atoms with Crippen LogP contribution in [0.15, 0.2) is 61.2 Å². The van der Waals surface area contributed by atoms with Crippen LogP contribution in [0, 0.1) is 0 Å². The van der Waals surface area contributed by atoms with E-state index in [-0.39, 0.29) is 10.8 Å². The maximum atomic E-state index is 4.60. The molecule has 4 aromatic rings. The van der Waals surface area contributed by atoms with Crippen molar-refractivity contribution in [1.82, 2.24) is 19.9 Å². The first-order valence-electron chi connectivity index (χ1n) is 10.3. The first-order valence-corrected chi connectivity index (χ1v) is 10.3. The summed E-state index contributed by atoms with van der Waals surface area (Å²) in [6, 6.07) is 12.6. The van der Waals surface area contributed by atoms with Crippen molar-refractivity contribution in [2.24, 2.45) is 0 Å². The Hall–Kier alpha value is -3.14. The van der Waals surface area contributed by atoms with Gasteiger partial charge in [0.1, 0.15) is 0 Å². The molecule has 0 unspecified atom stereocenters. The fourth-order valence-corrected chi connectivity index (χ4v) is 3.77. The van der Waals surface area contributed by atoms with Crippen molar-refractivity contribution in [2.75, 3.05) is 0 Å². The zero-order valence-corrected chi connectivity index (χ0v) is 18.6. The van der Waals surface area contributed by atoms with E-state index in [1.54, 1.807) is 24.8 Å². The molecule has 152 valence electrons.